The normalized spacial score (nSPS) is 20.3. The van der Waals surface area contributed by atoms with E-state index in [1.807, 2.05) is 0 Å². The molecule has 10 nitrogen and oxygen atoms in total. The zero-order chi connectivity index (χ0) is 16.9. The zero-order valence-electron chi connectivity index (χ0n) is 11.9. The molecular weight excluding hydrogens is 296 g/mol. The van der Waals surface area contributed by atoms with E-state index >= 15 is 0 Å². The van der Waals surface area contributed by atoms with E-state index in [0.29, 0.717) is 12.8 Å². The number of aliphatic hydroxyl groups excluding tert-OH is 1. The van der Waals surface area contributed by atoms with Gasteiger partial charge in [-0.15, -0.1) is 0 Å². The number of primary amides is 1. The van der Waals surface area contributed by atoms with Gasteiger partial charge in [0.25, 0.3) is 0 Å². The lowest BCUT2D eigenvalue weighted by Crippen LogP contribution is -2.56. The molecule has 10 heteroatoms. The molecule has 3 amide bonds. The Morgan fingerprint density at radius 3 is 2.45 bits per heavy atom. The molecule has 1 aliphatic heterocycles. The van der Waals surface area contributed by atoms with Crippen molar-refractivity contribution in [2.24, 2.45) is 11.5 Å². The van der Waals surface area contributed by atoms with Gasteiger partial charge in [0.05, 0.1) is 13.0 Å². The molecular formula is C12H20N4O6. The summed E-state index contributed by atoms with van der Waals surface area (Å²) in [6.07, 6.45) is 0.329. The zero-order valence-corrected chi connectivity index (χ0v) is 11.9. The summed E-state index contributed by atoms with van der Waals surface area (Å²) in [6, 6.07) is -3.55. The summed E-state index contributed by atoms with van der Waals surface area (Å²) in [6.45, 7) is -0.419. The van der Waals surface area contributed by atoms with E-state index in [4.69, 9.17) is 21.7 Å². The first kappa shape index (κ1) is 17.9. The number of nitrogens with zero attached hydrogens (tertiary/aromatic N) is 1. The molecule has 0 saturated carbocycles. The summed E-state index contributed by atoms with van der Waals surface area (Å²) >= 11 is 0. The summed E-state index contributed by atoms with van der Waals surface area (Å²) in [7, 11) is 0. The summed E-state index contributed by atoms with van der Waals surface area (Å²) in [4.78, 5) is 47.3. The smallest absolute Gasteiger partial charge is 0.326 e. The van der Waals surface area contributed by atoms with E-state index in [1.165, 1.54) is 0 Å². The minimum Gasteiger partial charge on any atom is -0.480 e. The first-order chi connectivity index (χ1) is 10.3. The lowest BCUT2D eigenvalue weighted by atomic mass is 10.1. The molecule has 7 N–H and O–H groups in total. The van der Waals surface area contributed by atoms with E-state index in [2.05, 4.69) is 5.32 Å². The third-order valence-electron chi connectivity index (χ3n) is 3.37. The minimum atomic E-state index is -1.30. The van der Waals surface area contributed by atoms with Gasteiger partial charge in [-0.25, -0.2) is 4.79 Å². The van der Waals surface area contributed by atoms with Crippen LogP contribution < -0.4 is 16.8 Å². The second-order valence-corrected chi connectivity index (χ2v) is 5.05. The van der Waals surface area contributed by atoms with Crippen molar-refractivity contribution < 1.29 is 29.4 Å². The quantitative estimate of drug-likeness (QED) is 0.327. The maximum atomic E-state index is 12.4. The number of carboxylic acid groups (broad SMARTS) is 1. The largest absolute Gasteiger partial charge is 0.480 e. The number of aliphatic hydroxyl groups is 1. The predicted octanol–water partition coefficient (Wildman–Crippen LogP) is -3.26. The lowest BCUT2D eigenvalue weighted by molar-refractivity contribution is -0.149. The molecule has 3 atom stereocenters. The van der Waals surface area contributed by atoms with Crippen molar-refractivity contribution in [3.63, 3.8) is 0 Å². The second-order valence-electron chi connectivity index (χ2n) is 5.05. The van der Waals surface area contributed by atoms with Crippen LogP contribution in [-0.2, 0) is 19.2 Å². The first-order valence-corrected chi connectivity index (χ1v) is 6.76. The van der Waals surface area contributed by atoms with Crippen LogP contribution in [-0.4, -0.2) is 70.1 Å². The highest BCUT2D eigenvalue weighted by molar-refractivity contribution is 5.94. The molecule has 0 spiro atoms. The Morgan fingerprint density at radius 1 is 1.32 bits per heavy atom. The molecule has 0 aliphatic carbocycles. The molecule has 1 aliphatic rings. The number of rotatable bonds is 7. The Bertz CT molecular complexity index is 469. The van der Waals surface area contributed by atoms with Gasteiger partial charge in [0.15, 0.2) is 0 Å². The molecule has 1 heterocycles. The lowest BCUT2D eigenvalue weighted by Gasteiger charge is -2.27. The molecule has 0 bridgehead atoms. The van der Waals surface area contributed by atoms with Gasteiger partial charge in [-0.2, -0.15) is 0 Å². The monoisotopic (exact) mass is 316 g/mol. The van der Waals surface area contributed by atoms with Crippen LogP contribution in [0.2, 0.25) is 0 Å². The van der Waals surface area contributed by atoms with Gasteiger partial charge in [0.1, 0.15) is 18.1 Å². The van der Waals surface area contributed by atoms with Crippen molar-refractivity contribution >= 4 is 23.7 Å². The number of hydrogen-bond donors (Lipinski definition) is 5. The third-order valence-corrected chi connectivity index (χ3v) is 3.37. The van der Waals surface area contributed by atoms with Gasteiger partial charge < -0.3 is 31.9 Å². The number of amides is 3. The Labute approximate surface area is 126 Å². The molecule has 1 rings (SSSR count). The van der Waals surface area contributed by atoms with Gasteiger partial charge in [0.2, 0.25) is 17.7 Å². The van der Waals surface area contributed by atoms with Crippen LogP contribution in [0.3, 0.4) is 0 Å². The maximum absolute atomic E-state index is 12.4. The van der Waals surface area contributed by atoms with Crippen LogP contribution >= 0.6 is 0 Å². The van der Waals surface area contributed by atoms with Crippen LogP contribution in [0.15, 0.2) is 0 Å². The highest BCUT2D eigenvalue weighted by Gasteiger charge is 2.38. The van der Waals surface area contributed by atoms with Crippen LogP contribution in [0, 0.1) is 0 Å². The van der Waals surface area contributed by atoms with E-state index in [9.17, 15) is 19.2 Å². The van der Waals surface area contributed by atoms with E-state index < -0.39 is 54.8 Å². The summed E-state index contributed by atoms with van der Waals surface area (Å²) < 4.78 is 0. The van der Waals surface area contributed by atoms with Crippen molar-refractivity contribution in [3.8, 4) is 0 Å². The van der Waals surface area contributed by atoms with Crippen molar-refractivity contribution in [2.45, 2.75) is 37.4 Å². The van der Waals surface area contributed by atoms with Crippen molar-refractivity contribution in [1.29, 1.82) is 0 Å². The fourth-order valence-corrected chi connectivity index (χ4v) is 2.25. The fourth-order valence-electron chi connectivity index (χ4n) is 2.25. The van der Waals surface area contributed by atoms with Crippen LogP contribution in [0.25, 0.3) is 0 Å². The number of carboxylic acids is 1. The average Bonchev–Trinajstić information content (AvgIpc) is 2.93. The van der Waals surface area contributed by atoms with Crippen LogP contribution in [0.5, 0.6) is 0 Å². The summed E-state index contributed by atoms with van der Waals surface area (Å²) in [5.41, 5.74) is 10.4. The van der Waals surface area contributed by atoms with Gasteiger partial charge in [-0.1, -0.05) is 0 Å². The van der Waals surface area contributed by atoms with Crippen LogP contribution in [0.1, 0.15) is 19.3 Å². The number of nitrogens with two attached hydrogens (primary N) is 2. The first-order valence-electron chi connectivity index (χ1n) is 6.76. The van der Waals surface area contributed by atoms with E-state index in [0.717, 1.165) is 4.90 Å². The van der Waals surface area contributed by atoms with Gasteiger partial charge >= 0.3 is 5.97 Å². The standard InChI is InChI=1S/C12H20N4O6/c13-6(5-17)10(19)15-7(4-9(14)18)11(20)16-3-1-2-8(16)12(21)22/h6-8,17H,1-5,13H2,(H2,14,18)(H,15,19)(H,21,22)/t6-,7-,8+/m0/s1. The highest BCUT2D eigenvalue weighted by Crippen LogP contribution is 2.19. The Morgan fingerprint density at radius 2 is 1.95 bits per heavy atom. The second kappa shape index (κ2) is 7.71. The SMILES string of the molecule is NC(=O)C[C@H](NC(=O)[C@@H](N)CO)C(=O)N1CCC[C@@H]1C(=O)O. The third kappa shape index (κ3) is 4.40. The number of carbonyl (C=O) groups excluding carboxylic acids is 3. The van der Waals surface area contributed by atoms with Gasteiger partial charge in [-0.05, 0) is 12.8 Å². The van der Waals surface area contributed by atoms with Crippen molar-refractivity contribution in [2.75, 3.05) is 13.2 Å². The molecule has 0 unspecified atom stereocenters. The van der Waals surface area contributed by atoms with Crippen LogP contribution in [0.4, 0.5) is 0 Å². The Hall–Kier alpha value is -2.20. The number of nitrogens with one attached hydrogen (secondary N) is 1. The molecule has 1 fully saturated rings. The molecule has 0 aromatic rings. The Kier molecular flexibility index (Phi) is 6.25. The number of carbonyl (C=O) groups is 4. The maximum Gasteiger partial charge on any atom is 0.326 e. The predicted molar refractivity (Wildman–Crippen MR) is 73.2 cm³/mol. The molecule has 22 heavy (non-hydrogen) atoms. The molecule has 124 valence electrons. The average molecular weight is 316 g/mol. The summed E-state index contributed by atoms with van der Waals surface area (Å²) in [5.74, 6) is -3.51. The number of aliphatic carboxylic acids is 1. The fraction of sp³-hybridized carbons (Fsp3) is 0.667. The topological polar surface area (TPSA) is 176 Å². The van der Waals surface area contributed by atoms with E-state index in [-0.39, 0.29) is 6.54 Å². The van der Waals surface area contributed by atoms with Gasteiger partial charge in [0, 0.05) is 6.54 Å². The highest BCUT2D eigenvalue weighted by atomic mass is 16.4. The van der Waals surface area contributed by atoms with Crippen molar-refractivity contribution in [3.05, 3.63) is 0 Å². The minimum absolute atomic E-state index is 0.215. The Balaban J connectivity index is 2.86. The van der Waals surface area contributed by atoms with E-state index in [1.54, 1.807) is 0 Å². The number of hydrogen-bond acceptors (Lipinski definition) is 6. The molecule has 0 aromatic heterocycles. The van der Waals surface area contributed by atoms with Crippen molar-refractivity contribution in [1.82, 2.24) is 10.2 Å². The molecule has 0 radical (unpaired) electrons. The molecule has 1 saturated heterocycles. The number of likely N-dealkylation sites (tertiary alicyclic amines) is 1. The van der Waals surface area contributed by atoms with Gasteiger partial charge in [-0.3, -0.25) is 14.4 Å². The molecule has 0 aromatic carbocycles. The summed E-state index contributed by atoms with van der Waals surface area (Å²) in [5, 5.41) is 20.1.